The van der Waals surface area contributed by atoms with Crippen LogP contribution in [0.5, 0.6) is 0 Å². The van der Waals surface area contributed by atoms with Gasteiger partial charge in [-0.3, -0.25) is 19.7 Å². The van der Waals surface area contributed by atoms with Gasteiger partial charge in [-0.15, -0.1) is 11.3 Å². The average Bonchev–Trinajstić information content (AvgIpc) is 3.25. The lowest BCUT2D eigenvalue weighted by Gasteiger charge is -2.25. The minimum atomic E-state index is -4.14. The van der Waals surface area contributed by atoms with E-state index < -0.39 is 41.0 Å². The fourth-order valence-corrected chi connectivity index (χ4v) is 6.18. The summed E-state index contributed by atoms with van der Waals surface area (Å²) >= 11 is 1.09. The molecule has 2 aromatic rings. The maximum Gasteiger partial charge on any atom is 0.413 e. The number of nitriles is 2. The van der Waals surface area contributed by atoms with Crippen LogP contribution in [-0.4, -0.2) is 68.2 Å². The van der Waals surface area contributed by atoms with Crippen LogP contribution in [0.3, 0.4) is 0 Å². The van der Waals surface area contributed by atoms with Gasteiger partial charge in [0, 0.05) is 23.9 Å². The van der Waals surface area contributed by atoms with Gasteiger partial charge in [0.25, 0.3) is 11.8 Å². The highest BCUT2D eigenvalue weighted by molar-refractivity contribution is 7.89. The summed E-state index contributed by atoms with van der Waals surface area (Å²) in [6, 6.07) is 8.22. The number of hydrogen-bond acceptors (Lipinski definition) is 10. The van der Waals surface area contributed by atoms with Crippen molar-refractivity contribution in [1.82, 2.24) is 14.5 Å². The van der Waals surface area contributed by atoms with Crippen molar-refractivity contribution < 1.29 is 32.3 Å². The summed E-state index contributed by atoms with van der Waals surface area (Å²) in [6.07, 6.45) is -0.647. The van der Waals surface area contributed by atoms with Gasteiger partial charge < -0.3 is 15.0 Å². The van der Waals surface area contributed by atoms with E-state index in [1.807, 2.05) is 0 Å². The van der Waals surface area contributed by atoms with E-state index in [1.165, 1.54) is 31.2 Å². The van der Waals surface area contributed by atoms with E-state index in [0.717, 1.165) is 18.4 Å². The molecule has 3 rings (SSSR count). The topological polar surface area (TPSA) is 190 Å². The van der Waals surface area contributed by atoms with Gasteiger partial charge in [-0.25, -0.2) is 13.2 Å². The molecule has 0 saturated carbocycles. The molecular weight excluding hydrogens is 536 g/mol. The number of carbonyl (C=O) groups excluding carboxylic acids is 4. The number of rotatable bonds is 7. The number of hydrogen-bond donors (Lipinski definition) is 2. The zero-order valence-electron chi connectivity index (χ0n) is 20.3. The molecule has 1 aliphatic heterocycles. The van der Waals surface area contributed by atoms with E-state index in [2.05, 4.69) is 15.4 Å². The molecule has 0 spiro atoms. The number of sulfonamides is 1. The molecule has 1 aromatic carbocycles. The second-order valence-corrected chi connectivity index (χ2v) is 11.0. The fourth-order valence-electron chi connectivity index (χ4n) is 3.69. The predicted octanol–water partition coefficient (Wildman–Crippen LogP) is 1.44. The first-order valence-corrected chi connectivity index (χ1v) is 13.2. The molecule has 0 unspecified atom stereocenters. The summed E-state index contributed by atoms with van der Waals surface area (Å²) < 4.78 is 30.6. The minimum Gasteiger partial charge on any atom is -0.453 e. The van der Waals surface area contributed by atoms with Crippen molar-refractivity contribution in [3.05, 3.63) is 45.8 Å². The largest absolute Gasteiger partial charge is 0.453 e. The van der Waals surface area contributed by atoms with Crippen LogP contribution < -0.4 is 10.6 Å². The Kier molecular flexibility index (Phi) is 8.80. The lowest BCUT2D eigenvalue weighted by atomic mass is 10.0. The number of amides is 4. The van der Waals surface area contributed by atoms with Crippen LogP contribution in [0.15, 0.2) is 29.2 Å². The summed E-state index contributed by atoms with van der Waals surface area (Å²) in [5, 5.41) is 22.6. The Morgan fingerprint density at radius 1 is 1.11 bits per heavy atom. The minimum absolute atomic E-state index is 0.0622. The first-order valence-electron chi connectivity index (χ1n) is 11.0. The van der Waals surface area contributed by atoms with Crippen LogP contribution in [-0.2, 0) is 32.5 Å². The van der Waals surface area contributed by atoms with Gasteiger partial charge in [0.1, 0.15) is 18.1 Å². The molecule has 38 heavy (non-hydrogen) atoms. The smallest absolute Gasteiger partial charge is 0.413 e. The molecule has 1 aliphatic rings. The number of methoxy groups -OCH3 is 1. The number of nitrogens with one attached hydrogen (secondary N) is 2. The molecule has 2 N–H and O–H groups in total. The molecular formula is C23H22N6O7S2. The maximum absolute atomic E-state index is 13.0. The zero-order chi connectivity index (χ0) is 28.0. The number of thiophene rings is 1. The van der Waals surface area contributed by atoms with E-state index >= 15 is 0 Å². The molecule has 13 nitrogen and oxygen atoms in total. The van der Waals surface area contributed by atoms with E-state index in [-0.39, 0.29) is 33.5 Å². The normalized spacial score (nSPS) is 12.6. The third-order valence-corrected chi connectivity index (χ3v) is 8.54. The quantitative estimate of drug-likeness (QED) is 0.474. The molecule has 198 valence electrons. The molecule has 2 heterocycles. The van der Waals surface area contributed by atoms with E-state index in [4.69, 9.17) is 10.5 Å². The highest BCUT2D eigenvalue weighted by Crippen LogP contribution is 2.37. The summed E-state index contributed by atoms with van der Waals surface area (Å²) in [5.74, 6) is -1.58. The molecule has 15 heteroatoms. The third kappa shape index (κ3) is 5.97. The van der Waals surface area contributed by atoms with Crippen molar-refractivity contribution in [2.24, 2.45) is 0 Å². The highest BCUT2D eigenvalue weighted by atomic mass is 32.2. The first-order chi connectivity index (χ1) is 18.0. The Hall–Kier alpha value is -4.31. The Bertz CT molecular complexity index is 1450. The summed E-state index contributed by atoms with van der Waals surface area (Å²) in [4.78, 5) is 51.4. The van der Waals surface area contributed by atoms with Crippen molar-refractivity contribution in [3.8, 4) is 12.1 Å². The molecule has 4 amide bonds. The molecule has 0 radical (unpaired) electrons. The predicted molar refractivity (Wildman–Crippen MR) is 133 cm³/mol. The number of benzene rings is 1. The van der Waals surface area contributed by atoms with Gasteiger partial charge >= 0.3 is 6.09 Å². The SMILES string of the molecule is COC(=O)NC(=O)c1c(NC(=O)c2ccc(S(=O)(=O)N(CC#N)CC#N)cc2)sc2c1CCN(C(C)=O)C2. The Morgan fingerprint density at radius 3 is 2.29 bits per heavy atom. The first kappa shape index (κ1) is 28.3. The number of carbonyl (C=O) groups is 4. The van der Waals surface area contributed by atoms with Crippen molar-refractivity contribution in [3.63, 3.8) is 0 Å². The number of imide groups is 1. The van der Waals surface area contributed by atoms with Gasteiger partial charge in [0.15, 0.2) is 0 Å². The Balaban J connectivity index is 1.90. The Labute approximate surface area is 222 Å². The van der Waals surface area contributed by atoms with Crippen molar-refractivity contribution >= 4 is 50.2 Å². The molecule has 1 aromatic heterocycles. The fraction of sp³-hybridized carbons (Fsp3) is 0.304. The number of nitrogens with zero attached hydrogens (tertiary/aromatic N) is 4. The van der Waals surface area contributed by atoms with Gasteiger partial charge in [-0.05, 0) is 36.2 Å². The molecule has 0 atom stereocenters. The van der Waals surface area contributed by atoms with Crippen LogP contribution in [0.1, 0.15) is 38.1 Å². The number of alkyl carbamates (subject to hydrolysis) is 1. The monoisotopic (exact) mass is 558 g/mol. The summed E-state index contributed by atoms with van der Waals surface area (Å²) in [5.41, 5.74) is 0.739. The molecule has 0 saturated heterocycles. The van der Waals surface area contributed by atoms with Gasteiger partial charge in [0.05, 0.1) is 36.3 Å². The van der Waals surface area contributed by atoms with Crippen molar-refractivity contribution in [2.45, 2.75) is 24.8 Å². The highest BCUT2D eigenvalue weighted by Gasteiger charge is 2.31. The van der Waals surface area contributed by atoms with Gasteiger partial charge in [0.2, 0.25) is 15.9 Å². The van der Waals surface area contributed by atoms with Gasteiger partial charge in [-0.2, -0.15) is 14.8 Å². The second kappa shape index (κ2) is 11.8. The van der Waals surface area contributed by atoms with Crippen LogP contribution in [0.4, 0.5) is 9.80 Å². The van der Waals surface area contributed by atoms with Crippen molar-refractivity contribution in [1.29, 1.82) is 10.5 Å². The maximum atomic E-state index is 13.0. The van der Waals surface area contributed by atoms with E-state index in [9.17, 15) is 27.6 Å². The number of anilines is 1. The number of fused-ring (bicyclic) bond motifs is 1. The Morgan fingerprint density at radius 2 is 1.74 bits per heavy atom. The molecule has 0 aliphatic carbocycles. The van der Waals surface area contributed by atoms with Crippen molar-refractivity contribution in [2.75, 3.05) is 32.1 Å². The lowest BCUT2D eigenvalue weighted by Crippen LogP contribution is -2.35. The third-order valence-electron chi connectivity index (χ3n) is 5.61. The van der Waals surface area contributed by atoms with Crippen LogP contribution in [0.25, 0.3) is 0 Å². The summed E-state index contributed by atoms with van der Waals surface area (Å²) in [7, 11) is -3.04. The standard InChI is InChI=1S/C23H22N6O7S2/c1-14(30)28-10-7-17-18(13-28)37-22(19(17)21(32)27-23(33)36-2)26-20(31)15-3-5-16(6-4-15)38(34,35)29(11-8-24)12-9-25/h3-6H,7,10-13H2,1-2H3,(H,26,31)(H,27,32,33). The summed E-state index contributed by atoms with van der Waals surface area (Å²) in [6.45, 7) is 0.987. The van der Waals surface area contributed by atoms with Crippen LogP contribution >= 0.6 is 11.3 Å². The zero-order valence-corrected chi connectivity index (χ0v) is 21.9. The van der Waals surface area contributed by atoms with E-state index in [1.54, 1.807) is 17.0 Å². The molecule has 0 bridgehead atoms. The van der Waals surface area contributed by atoms with Gasteiger partial charge in [-0.1, -0.05) is 0 Å². The van der Waals surface area contributed by atoms with E-state index in [0.29, 0.717) is 27.7 Å². The lowest BCUT2D eigenvalue weighted by molar-refractivity contribution is -0.129. The second-order valence-electron chi connectivity index (χ2n) is 7.91. The number of ether oxygens (including phenoxy) is 1. The van der Waals surface area contributed by atoms with Crippen LogP contribution in [0.2, 0.25) is 0 Å². The molecule has 0 fully saturated rings. The average molecular weight is 559 g/mol. The van der Waals surface area contributed by atoms with Crippen LogP contribution in [0, 0.1) is 22.7 Å².